The number of halogens is 1. The third-order valence-electron chi connectivity index (χ3n) is 2.08. The van der Waals surface area contributed by atoms with Gasteiger partial charge in [0.05, 0.1) is 18.8 Å². The van der Waals surface area contributed by atoms with Gasteiger partial charge < -0.3 is 4.74 Å². The second-order valence-corrected chi connectivity index (χ2v) is 4.03. The van der Waals surface area contributed by atoms with E-state index in [-0.39, 0.29) is 12.1 Å². The fraction of sp³-hybridized carbons (Fsp3) is 0.455. The average Bonchev–Trinajstić information content (AvgIpc) is 2.21. The zero-order chi connectivity index (χ0) is 11.3. The topological polar surface area (TPSA) is 47.3 Å². The van der Waals surface area contributed by atoms with Gasteiger partial charge in [-0.3, -0.25) is 11.3 Å². The Hall–Kier alpha value is -0.610. The van der Waals surface area contributed by atoms with Crippen LogP contribution in [-0.4, -0.2) is 12.7 Å². The van der Waals surface area contributed by atoms with E-state index in [0.29, 0.717) is 11.6 Å². The van der Waals surface area contributed by atoms with Crippen molar-refractivity contribution in [2.24, 2.45) is 5.84 Å². The first kappa shape index (κ1) is 12.5. The van der Waals surface area contributed by atoms with E-state index in [1.165, 1.54) is 0 Å². The van der Waals surface area contributed by atoms with Crippen LogP contribution >= 0.6 is 11.6 Å². The summed E-state index contributed by atoms with van der Waals surface area (Å²) in [6.45, 7) is 4.48. The molecule has 1 atom stereocenters. The molecule has 15 heavy (non-hydrogen) atoms. The molecule has 1 aromatic rings. The molecule has 0 spiro atoms. The second kappa shape index (κ2) is 6.08. The Balaban J connectivity index is 2.70. The minimum Gasteiger partial charge on any atom is -0.377 e. The van der Waals surface area contributed by atoms with E-state index in [2.05, 4.69) is 5.43 Å². The molecule has 4 heteroatoms. The normalized spacial score (nSPS) is 13.1. The highest BCUT2D eigenvalue weighted by Gasteiger charge is 2.13. The highest BCUT2D eigenvalue weighted by atomic mass is 35.5. The fourth-order valence-electron chi connectivity index (χ4n) is 1.27. The van der Waals surface area contributed by atoms with Crippen molar-refractivity contribution in [1.29, 1.82) is 0 Å². The molecule has 0 saturated carbocycles. The highest BCUT2D eigenvalue weighted by Crippen LogP contribution is 2.22. The molecule has 0 fully saturated rings. The summed E-state index contributed by atoms with van der Waals surface area (Å²) in [5.74, 6) is 5.47. The summed E-state index contributed by atoms with van der Waals surface area (Å²) in [4.78, 5) is 0. The minimum atomic E-state index is -0.0684. The van der Waals surface area contributed by atoms with Gasteiger partial charge in [-0.25, -0.2) is 0 Å². The molecule has 1 rings (SSSR count). The minimum absolute atomic E-state index is 0.0684. The lowest BCUT2D eigenvalue weighted by atomic mass is 10.1. The van der Waals surface area contributed by atoms with Crippen molar-refractivity contribution in [2.45, 2.75) is 26.0 Å². The van der Waals surface area contributed by atoms with Gasteiger partial charge in [-0.1, -0.05) is 29.8 Å². The SMILES string of the molecule is CC(C)OCC(NN)c1ccccc1Cl. The first-order valence-corrected chi connectivity index (χ1v) is 5.35. The van der Waals surface area contributed by atoms with E-state index in [1.807, 2.05) is 38.1 Å². The molecular formula is C11H17ClN2O. The fourth-order valence-corrected chi connectivity index (χ4v) is 1.54. The molecule has 84 valence electrons. The van der Waals surface area contributed by atoms with E-state index in [9.17, 15) is 0 Å². The molecule has 0 aromatic heterocycles. The van der Waals surface area contributed by atoms with Gasteiger partial charge in [0.15, 0.2) is 0 Å². The summed E-state index contributed by atoms with van der Waals surface area (Å²) < 4.78 is 5.50. The largest absolute Gasteiger partial charge is 0.377 e. The summed E-state index contributed by atoms with van der Waals surface area (Å²) in [6.07, 6.45) is 0.184. The Labute approximate surface area is 95.5 Å². The van der Waals surface area contributed by atoms with Crippen LogP contribution in [0, 0.1) is 0 Å². The summed E-state index contributed by atoms with van der Waals surface area (Å²) in [6, 6.07) is 7.54. The Morgan fingerprint density at radius 1 is 1.40 bits per heavy atom. The van der Waals surface area contributed by atoms with Crippen molar-refractivity contribution in [1.82, 2.24) is 5.43 Å². The maximum atomic E-state index is 6.06. The van der Waals surface area contributed by atoms with Crippen LogP contribution in [0.15, 0.2) is 24.3 Å². The lowest BCUT2D eigenvalue weighted by molar-refractivity contribution is 0.0611. The number of hydrogen-bond acceptors (Lipinski definition) is 3. The monoisotopic (exact) mass is 228 g/mol. The van der Waals surface area contributed by atoms with Crippen molar-refractivity contribution in [3.8, 4) is 0 Å². The van der Waals surface area contributed by atoms with Gasteiger partial charge in [-0.15, -0.1) is 0 Å². The number of rotatable bonds is 5. The Morgan fingerprint density at radius 3 is 2.60 bits per heavy atom. The predicted molar refractivity (Wildman–Crippen MR) is 62.6 cm³/mol. The number of ether oxygens (including phenoxy) is 1. The third kappa shape index (κ3) is 3.80. The Bertz CT molecular complexity index is 304. The van der Waals surface area contributed by atoms with Gasteiger partial charge in [0.25, 0.3) is 0 Å². The highest BCUT2D eigenvalue weighted by molar-refractivity contribution is 6.31. The maximum absolute atomic E-state index is 6.06. The van der Waals surface area contributed by atoms with E-state index in [4.69, 9.17) is 22.2 Å². The van der Waals surface area contributed by atoms with Crippen molar-refractivity contribution < 1.29 is 4.74 Å². The Morgan fingerprint density at radius 2 is 2.07 bits per heavy atom. The third-order valence-corrected chi connectivity index (χ3v) is 2.42. The molecule has 0 aliphatic rings. The van der Waals surface area contributed by atoms with Crippen LogP contribution < -0.4 is 11.3 Å². The van der Waals surface area contributed by atoms with Crippen LogP contribution in [0.2, 0.25) is 5.02 Å². The summed E-state index contributed by atoms with van der Waals surface area (Å²) in [7, 11) is 0. The lowest BCUT2D eigenvalue weighted by Gasteiger charge is -2.19. The molecule has 3 N–H and O–H groups in total. The number of hydrazine groups is 1. The van der Waals surface area contributed by atoms with Crippen LogP contribution in [0.3, 0.4) is 0 Å². The standard InChI is InChI=1S/C11H17ClN2O/c1-8(2)15-7-11(14-13)9-5-3-4-6-10(9)12/h3-6,8,11,14H,7,13H2,1-2H3. The van der Waals surface area contributed by atoms with Crippen LogP contribution in [0.25, 0.3) is 0 Å². The van der Waals surface area contributed by atoms with Gasteiger partial charge in [-0.2, -0.15) is 0 Å². The van der Waals surface area contributed by atoms with Gasteiger partial charge in [0.2, 0.25) is 0 Å². The number of hydrogen-bond donors (Lipinski definition) is 2. The number of benzene rings is 1. The van der Waals surface area contributed by atoms with Crippen molar-refractivity contribution in [3.05, 3.63) is 34.9 Å². The van der Waals surface area contributed by atoms with E-state index >= 15 is 0 Å². The predicted octanol–water partition coefficient (Wildman–Crippen LogP) is 2.27. The molecule has 0 amide bonds. The van der Waals surface area contributed by atoms with E-state index in [0.717, 1.165) is 5.56 Å². The van der Waals surface area contributed by atoms with Crippen LogP contribution in [0.4, 0.5) is 0 Å². The van der Waals surface area contributed by atoms with Crippen LogP contribution in [0.1, 0.15) is 25.5 Å². The van der Waals surface area contributed by atoms with Crippen molar-refractivity contribution in [2.75, 3.05) is 6.61 Å². The average molecular weight is 229 g/mol. The zero-order valence-corrected chi connectivity index (χ0v) is 9.79. The zero-order valence-electron chi connectivity index (χ0n) is 9.03. The van der Waals surface area contributed by atoms with E-state index in [1.54, 1.807) is 0 Å². The molecule has 1 unspecified atom stereocenters. The van der Waals surface area contributed by atoms with Crippen molar-refractivity contribution in [3.63, 3.8) is 0 Å². The number of nitrogens with one attached hydrogen (secondary N) is 1. The molecule has 0 saturated heterocycles. The second-order valence-electron chi connectivity index (χ2n) is 3.62. The molecule has 0 radical (unpaired) electrons. The molecule has 0 bridgehead atoms. The maximum Gasteiger partial charge on any atom is 0.0708 e. The summed E-state index contributed by atoms with van der Waals surface area (Å²) >= 11 is 6.06. The quantitative estimate of drug-likeness (QED) is 0.601. The van der Waals surface area contributed by atoms with Gasteiger partial charge >= 0.3 is 0 Å². The lowest BCUT2D eigenvalue weighted by Crippen LogP contribution is -2.32. The van der Waals surface area contributed by atoms with Crippen LogP contribution in [-0.2, 0) is 4.74 Å². The van der Waals surface area contributed by atoms with Gasteiger partial charge in [0.1, 0.15) is 0 Å². The number of nitrogens with two attached hydrogens (primary N) is 1. The summed E-state index contributed by atoms with van der Waals surface area (Å²) in [5, 5.41) is 0.702. The smallest absolute Gasteiger partial charge is 0.0708 e. The van der Waals surface area contributed by atoms with Crippen LogP contribution in [0.5, 0.6) is 0 Å². The van der Waals surface area contributed by atoms with Gasteiger partial charge in [-0.05, 0) is 25.5 Å². The molecular weight excluding hydrogens is 212 g/mol. The molecule has 3 nitrogen and oxygen atoms in total. The van der Waals surface area contributed by atoms with Gasteiger partial charge in [0, 0.05) is 5.02 Å². The Kier molecular flexibility index (Phi) is 5.05. The van der Waals surface area contributed by atoms with E-state index < -0.39 is 0 Å². The molecule has 0 heterocycles. The first-order valence-electron chi connectivity index (χ1n) is 4.97. The first-order chi connectivity index (χ1) is 7.15. The van der Waals surface area contributed by atoms with Crippen molar-refractivity contribution >= 4 is 11.6 Å². The summed E-state index contributed by atoms with van der Waals surface area (Å²) in [5.41, 5.74) is 3.67. The molecule has 0 aliphatic carbocycles. The molecule has 1 aromatic carbocycles. The molecule has 0 aliphatic heterocycles.